The molecule has 0 aromatic heterocycles. The van der Waals surface area contributed by atoms with Crippen LogP contribution in [0.5, 0.6) is 5.75 Å². The van der Waals surface area contributed by atoms with Crippen LogP contribution in [-0.4, -0.2) is 35.2 Å². The maximum Gasteiger partial charge on any atom is 0.120 e. The smallest absolute Gasteiger partial charge is 0.120 e. The number of hydrogen-bond acceptors (Lipinski definition) is 3. The van der Waals surface area contributed by atoms with Gasteiger partial charge in [-0.25, -0.2) is 0 Å². The van der Waals surface area contributed by atoms with Crippen molar-refractivity contribution in [3.63, 3.8) is 0 Å². The summed E-state index contributed by atoms with van der Waals surface area (Å²) < 4.78 is 0. The van der Waals surface area contributed by atoms with E-state index >= 15 is 0 Å². The topological polar surface area (TPSA) is 35.5 Å². The fourth-order valence-electron chi connectivity index (χ4n) is 3.20. The Morgan fingerprint density at radius 1 is 1.35 bits per heavy atom. The molecule has 1 aromatic rings. The number of phenolic OH excluding ortho intramolecular Hbond substituents is 1. The summed E-state index contributed by atoms with van der Waals surface area (Å²) in [6.07, 6.45) is 2.29. The lowest BCUT2D eigenvalue weighted by Gasteiger charge is -2.43. The van der Waals surface area contributed by atoms with E-state index in [4.69, 9.17) is 0 Å². The zero-order valence-corrected chi connectivity index (χ0v) is 13.2. The number of nitrogens with zero attached hydrogens (tertiary/aromatic N) is 1. The molecule has 0 saturated carbocycles. The Hall–Kier alpha value is -1.06. The highest BCUT2D eigenvalue weighted by Gasteiger charge is 2.30. The first kappa shape index (κ1) is 15.3. The quantitative estimate of drug-likeness (QED) is 0.886. The molecule has 3 atom stereocenters. The van der Waals surface area contributed by atoms with Gasteiger partial charge in [-0.3, -0.25) is 4.90 Å². The summed E-state index contributed by atoms with van der Waals surface area (Å²) >= 11 is 0. The zero-order valence-electron chi connectivity index (χ0n) is 13.2. The fourth-order valence-corrected chi connectivity index (χ4v) is 3.20. The van der Waals surface area contributed by atoms with E-state index in [1.807, 2.05) is 12.1 Å². The average Bonchev–Trinajstić information content (AvgIpc) is 2.48. The van der Waals surface area contributed by atoms with Gasteiger partial charge in [-0.2, -0.15) is 0 Å². The maximum absolute atomic E-state index is 10.2. The summed E-state index contributed by atoms with van der Waals surface area (Å²) in [6, 6.07) is 7.28. The molecule has 1 saturated heterocycles. The van der Waals surface area contributed by atoms with Gasteiger partial charge in [-0.1, -0.05) is 31.5 Å². The van der Waals surface area contributed by atoms with Crippen LogP contribution < -0.4 is 5.32 Å². The molecule has 3 unspecified atom stereocenters. The Morgan fingerprint density at radius 3 is 2.75 bits per heavy atom. The highest BCUT2D eigenvalue weighted by molar-refractivity contribution is 5.38. The van der Waals surface area contributed by atoms with Crippen LogP contribution in [0.3, 0.4) is 0 Å². The number of rotatable bonds is 4. The molecular formula is C17H28N2O. The van der Waals surface area contributed by atoms with Crippen molar-refractivity contribution in [3.05, 3.63) is 29.3 Å². The van der Waals surface area contributed by atoms with Crippen molar-refractivity contribution >= 4 is 0 Å². The normalized spacial score (nSPS) is 25.6. The summed E-state index contributed by atoms with van der Waals surface area (Å²) in [5.74, 6) is 0.421. The van der Waals surface area contributed by atoms with E-state index in [2.05, 4.69) is 44.0 Å². The second kappa shape index (κ2) is 6.59. The molecule has 3 nitrogen and oxygen atoms in total. The number of aryl methyl sites for hydroxylation is 1. The van der Waals surface area contributed by atoms with E-state index in [0.29, 0.717) is 17.8 Å². The van der Waals surface area contributed by atoms with E-state index in [-0.39, 0.29) is 6.04 Å². The van der Waals surface area contributed by atoms with Gasteiger partial charge < -0.3 is 10.4 Å². The molecular weight excluding hydrogens is 248 g/mol. The molecule has 112 valence electrons. The molecule has 0 amide bonds. The average molecular weight is 276 g/mol. The van der Waals surface area contributed by atoms with Gasteiger partial charge in [0.1, 0.15) is 5.75 Å². The van der Waals surface area contributed by atoms with Crippen molar-refractivity contribution in [2.24, 2.45) is 0 Å². The van der Waals surface area contributed by atoms with Crippen LogP contribution in [-0.2, 0) is 0 Å². The molecule has 1 fully saturated rings. The van der Waals surface area contributed by atoms with E-state index in [0.717, 1.165) is 31.5 Å². The first-order valence-electron chi connectivity index (χ1n) is 7.85. The Kier molecular flexibility index (Phi) is 5.06. The molecule has 20 heavy (non-hydrogen) atoms. The Labute approximate surface area is 123 Å². The number of hydrogen-bond donors (Lipinski definition) is 2. The van der Waals surface area contributed by atoms with Crippen LogP contribution in [0.2, 0.25) is 0 Å². The molecule has 2 N–H and O–H groups in total. The monoisotopic (exact) mass is 276 g/mol. The minimum Gasteiger partial charge on any atom is -0.508 e. The number of benzene rings is 1. The van der Waals surface area contributed by atoms with Crippen molar-refractivity contribution in [2.75, 3.05) is 13.1 Å². The summed E-state index contributed by atoms with van der Waals surface area (Å²) in [5.41, 5.74) is 2.26. The van der Waals surface area contributed by atoms with Crippen molar-refractivity contribution in [2.45, 2.75) is 58.7 Å². The van der Waals surface area contributed by atoms with Crippen LogP contribution in [0.25, 0.3) is 0 Å². The van der Waals surface area contributed by atoms with Crippen LogP contribution >= 0.6 is 0 Å². The van der Waals surface area contributed by atoms with Crippen LogP contribution in [0.1, 0.15) is 50.8 Å². The van der Waals surface area contributed by atoms with Gasteiger partial charge in [-0.15, -0.1) is 0 Å². The first-order chi connectivity index (χ1) is 9.56. The van der Waals surface area contributed by atoms with Crippen molar-refractivity contribution in [1.29, 1.82) is 0 Å². The lowest BCUT2D eigenvalue weighted by Crippen LogP contribution is -2.56. The van der Waals surface area contributed by atoms with E-state index in [1.165, 1.54) is 5.56 Å². The predicted octanol–water partition coefficient (Wildman–Crippen LogP) is 3.22. The van der Waals surface area contributed by atoms with Gasteiger partial charge in [0, 0.05) is 36.8 Å². The number of piperazine rings is 1. The SMILES string of the molecule is CCC1CN(C(C)c2cc(C)ccc2O)C(CC)CN1. The third kappa shape index (κ3) is 3.15. The van der Waals surface area contributed by atoms with Crippen molar-refractivity contribution in [1.82, 2.24) is 10.2 Å². The first-order valence-corrected chi connectivity index (χ1v) is 7.85. The summed E-state index contributed by atoms with van der Waals surface area (Å²) in [5, 5.41) is 13.8. The lowest BCUT2D eigenvalue weighted by molar-refractivity contribution is 0.0839. The Balaban J connectivity index is 2.24. The molecule has 0 radical (unpaired) electrons. The van der Waals surface area contributed by atoms with Gasteiger partial charge in [0.05, 0.1) is 0 Å². The summed E-state index contributed by atoms with van der Waals surface area (Å²) in [6.45, 7) is 10.9. The minimum atomic E-state index is 0.260. The second-order valence-corrected chi connectivity index (χ2v) is 6.01. The lowest BCUT2D eigenvalue weighted by atomic mass is 9.97. The molecule has 0 bridgehead atoms. The van der Waals surface area contributed by atoms with Gasteiger partial charge in [-0.05, 0) is 32.8 Å². The molecule has 0 aliphatic carbocycles. The van der Waals surface area contributed by atoms with Crippen molar-refractivity contribution < 1.29 is 5.11 Å². The largest absolute Gasteiger partial charge is 0.508 e. The van der Waals surface area contributed by atoms with Crippen LogP contribution in [0, 0.1) is 6.92 Å². The van der Waals surface area contributed by atoms with Crippen molar-refractivity contribution in [3.8, 4) is 5.75 Å². The highest BCUT2D eigenvalue weighted by Crippen LogP contribution is 2.32. The third-order valence-corrected chi connectivity index (χ3v) is 4.64. The van der Waals surface area contributed by atoms with E-state index < -0.39 is 0 Å². The van der Waals surface area contributed by atoms with Gasteiger partial charge in [0.2, 0.25) is 0 Å². The molecule has 0 spiro atoms. The molecule has 2 rings (SSSR count). The zero-order chi connectivity index (χ0) is 14.7. The van der Waals surface area contributed by atoms with E-state index in [1.54, 1.807) is 0 Å². The van der Waals surface area contributed by atoms with Crippen LogP contribution in [0.4, 0.5) is 0 Å². The second-order valence-electron chi connectivity index (χ2n) is 6.01. The van der Waals surface area contributed by atoms with Gasteiger partial charge >= 0.3 is 0 Å². The highest BCUT2D eigenvalue weighted by atomic mass is 16.3. The molecule has 3 heteroatoms. The van der Waals surface area contributed by atoms with E-state index in [9.17, 15) is 5.11 Å². The van der Waals surface area contributed by atoms with Gasteiger partial charge in [0.15, 0.2) is 0 Å². The predicted molar refractivity (Wildman–Crippen MR) is 84.1 cm³/mol. The summed E-state index contributed by atoms with van der Waals surface area (Å²) in [4.78, 5) is 2.55. The molecule has 1 aliphatic heterocycles. The van der Waals surface area contributed by atoms with Gasteiger partial charge in [0.25, 0.3) is 0 Å². The maximum atomic E-state index is 10.2. The molecule has 1 aliphatic rings. The minimum absolute atomic E-state index is 0.260. The Bertz CT molecular complexity index is 447. The number of aromatic hydroxyl groups is 1. The third-order valence-electron chi connectivity index (χ3n) is 4.64. The molecule has 1 aromatic carbocycles. The summed E-state index contributed by atoms with van der Waals surface area (Å²) in [7, 11) is 0. The van der Waals surface area contributed by atoms with Crippen LogP contribution in [0.15, 0.2) is 18.2 Å². The Morgan fingerprint density at radius 2 is 2.10 bits per heavy atom. The number of nitrogens with one attached hydrogen (secondary N) is 1. The fraction of sp³-hybridized carbons (Fsp3) is 0.647. The molecule has 1 heterocycles. The number of phenols is 1. The standard InChI is InChI=1S/C17H28N2O/c1-5-14-11-19(15(6-2)10-18-14)13(4)16-9-12(3)7-8-17(16)20/h7-9,13-15,18,20H,5-6,10-11H2,1-4H3.